The van der Waals surface area contributed by atoms with Gasteiger partial charge in [0.2, 0.25) is 10.0 Å². The van der Waals surface area contributed by atoms with Gasteiger partial charge in [0, 0.05) is 26.2 Å². The summed E-state index contributed by atoms with van der Waals surface area (Å²) in [5.74, 6) is -2.62. The van der Waals surface area contributed by atoms with Crippen molar-refractivity contribution in [2.24, 2.45) is 0 Å². The molecule has 8 heteroatoms. The topological polar surface area (TPSA) is 57.7 Å². The Hall–Kier alpha value is -2.32. The molecule has 1 heterocycles. The predicted octanol–water partition coefficient (Wildman–Crippen LogP) is 2.73. The zero-order valence-electron chi connectivity index (χ0n) is 15.1. The molecule has 1 saturated heterocycles. The molecule has 1 amide bonds. The van der Waals surface area contributed by atoms with Crippen molar-refractivity contribution in [1.29, 1.82) is 0 Å². The van der Waals surface area contributed by atoms with Gasteiger partial charge in [0.05, 0.1) is 4.90 Å². The molecule has 0 atom stereocenters. The highest BCUT2D eigenvalue weighted by Gasteiger charge is 2.32. The highest BCUT2D eigenvalue weighted by molar-refractivity contribution is 7.89. The van der Waals surface area contributed by atoms with Crippen molar-refractivity contribution in [2.45, 2.75) is 18.7 Å². The monoisotopic (exact) mass is 394 g/mol. The van der Waals surface area contributed by atoms with E-state index in [9.17, 15) is 22.0 Å². The molecule has 0 aliphatic carbocycles. The van der Waals surface area contributed by atoms with E-state index in [-0.39, 0.29) is 31.1 Å². The Morgan fingerprint density at radius 1 is 0.963 bits per heavy atom. The van der Waals surface area contributed by atoms with Crippen molar-refractivity contribution in [3.05, 3.63) is 64.7 Å². The fourth-order valence-electron chi connectivity index (χ4n) is 3.12. The van der Waals surface area contributed by atoms with E-state index in [0.29, 0.717) is 5.56 Å². The number of sulfonamides is 1. The predicted molar refractivity (Wildman–Crippen MR) is 96.9 cm³/mol. The Bertz CT molecular complexity index is 964. The smallest absolute Gasteiger partial charge is 0.259 e. The van der Waals surface area contributed by atoms with E-state index in [1.54, 1.807) is 19.1 Å². The number of halogens is 2. The summed E-state index contributed by atoms with van der Waals surface area (Å²) < 4.78 is 54.8. The van der Waals surface area contributed by atoms with Crippen molar-refractivity contribution >= 4 is 15.9 Å². The number of carbonyl (C=O) groups excluding carboxylic acids is 1. The number of benzene rings is 2. The molecule has 2 aromatic carbocycles. The van der Waals surface area contributed by atoms with Gasteiger partial charge in [-0.25, -0.2) is 17.2 Å². The summed E-state index contributed by atoms with van der Waals surface area (Å²) in [4.78, 5) is 14.0. The SMILES string of the molecule is Cc1ccc(C)c(S(=O)(=O)N2CCN(C(=O)c3c(F)cccc3F)CC2)c1. The first-order valence-electron chi connectivity index (χ1n) is 8.52. The van der Waals surface area contributed by atoms with Crippen LogP contribution >= 0.6 is 0 Å². The third-order valence-electron chi connectivity index (χ3n) is 4.66. The lowest BCUT2D eigenvalue weighted by Gasteiger charge is -2.34. The van der Waals surface area contributed by atoms with Crippen molar-refractivity contribution in [3.8, 4) is 0 Å². The summed E-state index contributed by atoms with van der Waals surface area (Å²) in [6.45, 7) is 3.81. The molecule has 144 valence electrons. The molecule has 1 fully saturated rings. The van der Waals surface area contributed by atoms with E-state index < -0.39 is 33.1 Å². The van der Waals surface area contributed by atoms with Gasteiger partial charge in [-0.3, -0.25) is 4.79 Å². The van der Waals surface area contributed by atoms with Crippen LogP contribution in [0.3, 0.4) is 0 Å². The van der Waals surface area contributed by atoms with Gasteiger partial charge < -0.3 is 4.90 Å². The first kappa shape index (κ1) is 19.4. The Labute approximate surface area is 157 Å². The van der Waals surface area contributed by atoms with Crippen LogP contribution in [0, 0.1) is 25.5 Å². The Balaban J connectivity index is 1.77. The van der Waals surface area contributed by atoms with Gasteiger partial charge in [-0.1, -0.05) is 18.2 Å². The minimum absolute atomic E-state index is 0.0662. The molecule has 0 unspecified atom stereocenters. The molecule has 0 spiro atoms. The van der Waals surface area contributed by atoms with Gasteiger partial charge in [0.25, 0.3) is 5.91 Å². The van der Waals surface area contributed by atoms with Crippen molar-refractivity contribution in [1.82, 2.24) is 9.21 Å². The Morgan fingerprint density at radius 2 is 1.56 bits per heavy atom. The van der Waals surface area contributed by atoms with Crippen LogP contribution in [0.4, 0.5) is 8.78 Å². The van der Waals surface area contributed by atoms with Crippen molar-refractivity contribution < 1.29 is 22.0 Å². The number of aryl methyl sites for hydroxylation is 2. The van der Waals surface area contributed by atoms with E-state index in [1.165, 1.54) is 15.3 Å². The van der Waals surface area contributed by atoms with Gasteiger partial charge in [-0.05, 0) is 43.2 Å². The van der Waals surface area contributed by atoms with Crippen LogP contribution in [0.2, 0.25) is 0 Å². The van der Waals surface area contributed by atoms with Crippen LogP contribution < -0.4 is 0 Å². The molecule has 0 bridgehead atoms. The second-order valence-corrected chi connectivity index (χ2v) is 8.47. The number of hydrogen-bond donors (Lipinski definition) is 0. The van der Waals surface area contributed by atoms with E-state index in [1.807, 2.05) is 13.0 Å². The lowest BCUT2D eigenvalue weighted by Crippen LogP contribution is -2.50. The number of piperazine rings is 1. The highest BCUT2D eigenvalue weighted by Crippen LogP contribution is 2.23. The number of rotatable bonds is 3. The molecule has 27 heavy (non-hydrogen) atoms. The first-order chi connectivity index (χ1) is 12.7. The molecule has 0 saturated carbocycles. The van der Waals surface area contributed by atoms with E-state index in [4.69, 9.17) is 0 Å². The van der Waals surface area contributed by atoms with Crippen LogP contribution in [0.15, 0.2) is 41.3 Å². The summed E-state index contributed by atoms with van der Waals surface area (Å²) in [6, 6.07) is 8.46. The van der Waals surface area contributed by atoms with Gasteiger partial charge in [-0.15, -0.1) is 0 Å². The number of carbonyl (C=O) groups is 1. The lowest BCUT2D eigenvalue weighted by molar-refractivity contribution is 0.0688. The lowest BCUT2D eigenvalue weighted by atomic mass is 10.1. The summed E-state index contributed by atoms with van der Waals surface area (Å²) >= 11 is 0. The normalized spacial score (nSPS) is 15.8. The number of amides is 1. The van der Waals surface area contributed by atoms with Crippen LogP contribution in [0.5, 0.6) is 0 Å². The average molecular weight is 394 g/mol. The molecule has 0 N–H and O–H groups in total. The van der Waals surface area contributed by atoms with E-state index in [0.717, 1.165) is 17.7 Å². The van der Waals surface area contributed by atoms with E-state index in [2.05, 4.69) is 0 Å². The molecule has 1 aliphatic rings. The van der Waals surface area contributed by atoms with Crippen LogP contribution in [0.1, 0.15) is 21.5 Å². The molecule has 0 radical (unpaired) electrons. The van der Waals surface area contributed by atoms with Gasteiger partial charge in [0.15, 0.2) is 0 Å². The molecular formula is C19H20F2N2O3S. The fourth-order valence-corrected chi connectivity index (χ4v) is 4.85. The standard InChI is InChI=1S/C19H20F2N2O3S/c1-13-6-7-14(2)17(12-13)27(25,26)23-10-8-22(9-11-23)19(24)18-15(20)4-3-5-16(18)21/h3-7,12H,8-11H2,1-2H3. The third-order valence-corrected chi connectivity index (χ3v) is 6.70. The van der Waals surface area contributed by atoms with Crippen LogP contribution in [-0.4, -0.2) is 49.7 Å². The second-order valence-electron chi connectivity index (χ2n) is 6.56. The summed E-state index contributed by atoms with van der Waals surface area (Å²) in [6.07, 6.45) is 0. The van der Waals surface area contributed by atoms with Gasteiger partial charge in [0.1, 0.15) is 17.2 Å². The van der Waals surface area contributed by atoms with Crippen LogP contribution in [0.25, 0.3) is 0 Å². The molecule has 2 aromatic rings. The quantitative estimate of drug-likeness (QED) is 0.804. The first-order valence-corrected chi connectivity index (χ1v) is 9.96. The van der Waals surface area contributed by atoms with Gasteiger partial charge in [-0.2, -0.15) is 4.31 Å². The van der Waals surface area contributed by atoms with Crippen LogP contribution in [-0.2, 0) is 10.0 Å². The summed E-state index contributed by atoms with van der Waals surface area (Å²) in [5, 5.41) is 0. The Morgan fingerprint density at radius 3 is 2.15 bits per heavy atom. The maximum Gasteiger partial charge on any atom is 0.259 e. The van der Waals surface area contributed by atoms with Crippen molar-refractivity contribution in [2.75, 3.05) is 26.2 Å². The molecule has 1 aliphatic heterocycles. The van der Waals surface area contributed by atoms with Crippen molar-refractivity contribution in [3.63, 3.8) is 0 Å². The average Bonchev–Trinajstić information content (AvgIpc) is 2.63. The summed E-state index contributed by atoms with van der Waals surface area (Å²) in [7, 11) is -3.70. The highest BCUT2D eigenvalue weighted by atomic mass is 32.2. The zero-order chi connectivity index (χ0) is 19.8. The molecule has 3 rings (SSSR count). The summed E-state index contributed by atoms with van der Waals surface area (Å²) in [5.41, 5.74) is 0.874. The number of hydrogen-bond acceptors (Lipinski definition) is 3. The minimum atomic E-state index is -3.70. The molecule has 0 aromatic heterocycles. The largest absolute Gasteiger partial charge is 0.336 e. The second kappa shape index (κ2) is 7.36. The number of nitrogens with zero attached hydrogens (tertiary/aromatic N) is 2. The minimum Gasteiger partial charge on any atom is -0.336 e. The maximum atomic E-state index is 13.8. The third kappa shape index (κ3) is 3.72. The Kier molecular flexibility index (Phi) is 5.30. The van der Waals surface area contributed by atoms with Gasteiger partial charge >= 0.3 is 0 Å². The zero-order valence-corrected chi connectivity index (χ0v) is 15.9. The molecular weight excluding hydrogens is 374 g/mol. The molecule has 5 nitrogen and oxygen atoms in total. The van der Waals surface area contributed by atoms with E-state index >= 15 is 0 Å². The maximum absolute atomic E-state index is 13.8. The fraction of sp³-hybridized carbons (Fsp3) is 0.316.